The third kappa shape index (κ3) is 3.81. The number of aromatic nitrogens is 1. The minimum Gasteiger partial charge on any atom is -0.465 e. The minimum atomic E-state index is -0.437. The Kier molecular flexibility index (Phi) is 5.65. The molecule has 0 radical (unpaired) electrons. The van der Waals surface area contributed by atoms with Crippen molar-refractivity contribution >= 4 is 68.4 Å². The van der Waals surface area contributed by atoms with Gasteiger partial charge in [-0.15, -0.1) is 11.3 Å². The number of rotatable bonds is 6. The molecule has 2 aliphatic carbocycles. The average molecular weight is 520 g/mol. The van der Waals surface area contributed by atoms with Crippen LogP contribution in [-0.2, 0) is 19.1 Å². The molecule has 6 rings (SSSR count). The molecule has 4 atom stereocenters. The van der Waals surface area contributed by atoms with Crippen LogP contribution in [0.1, 0.15) is 16.8 Å². The first-order valence-electron chi connectivity index (χ1n) is 11.5. The van der Waals surface area contributed by atoms with E-state index in [1.54, 1.807) is 30.3 Å². The number of esters is 1. The quantitative estimate of drug-likeness (QED) is 0.226. The van der Waals surface area contributed by atoms with Crippen LogP contribution in [0.4, 0.5) is 11.4 Å². The van der Waals surface area contributed by atoms with E-state index >= 15 is 0 Å². The molecule has 1 saturated heterocycles. The van der Waals surface area contributed by atoms with Gasteiger partial charge in [0.15, 0.2) is 4.34 Å². The minimum absolute atomic E-state index is 0.100. The van der Waals surface area contributed by atoms with Crippen molar-refractivity contribution in [3.8, 4) is 0 Å². The van der Waals surface area contributed by atoms with Crippen LogP contribution in [0.5, 0.6) is 0 Å². The Morgan fingerprint density at radius 1 is 1.08 bits per heavy atom. The van der Waals surface area contributed by atoms with Crippen LogP contribution in [0.2, 0.25) is 0 Å². The Hall–Kier alpha value is -3.50. The lowest BCUT2D eigenvalue weighted by Gasteiger charge is -2.17. The maximum Gasteiger partial charge on any atom is 0.337 e. The van der Waals surface area contributed by atoms with Gasteiger partial charge in [-0.3, -0.25) is 14.4 Å². The lowest BCUT2D eigenvalue weighted by molar-refractivity contribution is -0.123. The highest BCUT2D eigenvalue weighted by atomic mass is 32.2. The molecule has 0 spiro atoms. The number of thioether (sulfide) groups is 1. The lowest BCUT2D eigenvalue weighted by Crippen LogP contribution is -2.32. The van der Waals surface area contributed by atoms with E-state index < -0.39 is 5.97 Å². The van der Waals surface area contributed by atoms with Gasteiger partial charge in [-0.05, 0) is 60.7 Å². The topological polar surface area (TPSA) is 106 Å². The standard InChI is InChI=1S/C26H21N3O5S2/c1-34-25(33)13-4-6-16(7-5-13)27-20(30)12-35-26-28-18-9-8-17(11-19(18)36-26)29-23(31)21-14-2-3-15(10-14)22(21)24(29)32/h2-9,11,14-15,21-22H,10,12H2,1H3,(H,27,30)/t14-,15+,21-,22-/m0/s1. The summed E-state index contributed by atoms with van der Waals surface area (Å²) in [5.41, 5.74) is 2.32. The lowest BCUT2D eigenvalue weighted by atomic mass is 9.85. The first-order valence-corrected chi connectivity index (χ1v) is 13.3. The summed E-state index contributed by atoms with van der Waals surface area (Å²) in [6, 6.07) is 11.9. The van der Waals surface area contributed by atoms with Gasteiger partial charge in [-0.2, -0.15) is 0 Å². The molecular formula is C26H21N3O5S2. The maximum atomic E-state index is 13.1. The zero-order chi connectivity index (χ0) is 25.0. The molecule has 2 bridgehead atoms. The smallest absolute Gasteiger partial charge is 0.337 e. The van der Waals surface area contributed by atoms with Crippen molar-refractivity contribution in [2.45, 2.75) is 10.8 Å². The molecule has 10 heteroatoms. The number of hydrogen-bond acceptors (Lipinski definition) is 8. The van der Waals surface area contributed by atoms with Crippen LogP contribution in [-0.4, -0.2) is 41.5 Å². The van der Waals surface area contributed by atoms with E-state index in [1.165, 1.54) is 35.1 Å². The van der Waals surface area contributed by atoms with Gasteiger partial charge >= 0.3 is 5.97 Å². The van der Waals surface area contributed by atoms with Gasteiger partial charge < -0.3 is 10.1 Å². The van der Waals surface area contributed by atoms with E-state index in [9.17, 15) is 19.2 Å². The molecule has 2 fully saturated rings. The predicted octanol–water partition coefficient (Wildman–Crippen LogP) is 4.13. The molecule has 1 N–H and O–H groups in total. The number of carbonyl (C=O) groups excluding carboxylic acids is 4. The van der Waals surface area contributed by atoms with Crippen LogP contribution in [0.3, 0.4) is 0 Å². The molecule has 1 aromatic heterocycles. The van der Waals surface area contributed by atoms with Gasteiger partial charge in [-0.25, -0.2) is 14.7 Å². The number of anilines is 2. The van der Waals surface area contributed by atoms with Crippen molar-refractivity contribution in [2.75, 3.05) is 23.1 Å². The summed E-state index contributed by atoms with van der Waals surface area (Å²) in [7, 11) is 1.31. The third-order valence-electron chi connectivity index (χ3n) is 7.00. The van der Waals surface area contributed by atoms with Gasteiger partial charge in [0.1, 0.15) is 0 Å². The van der Waals surface area contributed by atoms with Crippen molar-refractivity contribution in [3.05, 3.63) is 60.2 Å². The Balaban J connectivity index is 1.12. The number of fused-ring (bicyclic) bond motifs is 6. The summed E-state index contributed by atoms with van der Waals surface area (Å²) in [5, 5.41) is 2.80. The van der Waals surface area contributed by atoms with Gasteiger partial charge in [-0.1, -0.05) is 23.9 Å². The number of amides is 3. The van der Waals surface area contributed by atoms with Crippen LogP contribution >= 0.6 is 23.1 Å². The van der Waals surface area contributed by atoms with E-state index in [2.05, 4.69) is 27.2 Å². The molecule has 2 aromatic carbocycles. The summed E-state index contributed by atoms with van der Waals surface area (Å²) in [6.07, 6.45) is 5.08. The number of nitrogens with zero attached hydrogens (tertiary/aromatic N) is 2. The van der Waals surface area contributed by atoms with Gasteiger partial charge in [0.2, 0.25) is 17.7 Å². The average Bonchev–Trinajstić information content (AvgIpc) is 3.65. The van der Waals surface area contributed by atoms with Gasteiger partial charge in [0.25, 0.3) is 0 Å². The summed E-state index contributed by atoms with van der Waals surface area (Å²) in [4.78, 5) is 56.1. The number of methoxy groups -OCH3 is 1. The van der Waals surface area contributed by atoms with Crippen molar-refractivity contribution in [1.29, 1.82) is 0 Å². The number of thiazole rings is 1. The van der Waals surface area contributed by atoms with E-state index in [1.807, 2.05) is 12.1 Å². The van der Waals surface area contributed by atoms with Crippen LogP contribution in [0, 0.1) is 23.7 Å². The van der Waals surface area contributed by atoms with E-state index in [4.69, 9.17) is 0 Å². The van der Waals surface area contributed by atoms with Gasteiger partial charge in [0, 0.05) is 5.69 Å². The molecule has 182 valence electrons. The fraction of sp³-hybridized carbons (Fsp3) is 0.269. The van der Waals surface area contributed by atoms with Crippen molar-refractivity contribution < 1.29 is 23.9 Å². The Morgan fingerprint density at radius 3 is 2.44 bits per heavy atom. The number of carbonyl (C=O) groups is 4. The van der Waals surface area contributed by atoms with Crippen LogP contribution in [0.15, 0.2) is 59.0 Å². The first-order chi connectivity index (χ1) is 17.4. The first kappa shape index (κ1) is 22.9. The maximum absolute atomic E-state index is 13.1. The van der Waals surface area contributed by atoms with E-state index in [-0.39, 0.29) is 47.1 Å². The molecule has 3 amide bonds. The molecule has 1 aliphatic heterocycles. The molecular weight excluding hydrogens is 498 g/mol. The number of nitrogens with one attached hydrogen (secondary N) is 1. The number of hydrogen-bond donors (Lipinski definition) is 1. The zero-order valence-corrected chi connectivity index (χ0v) is 20.8. The number of imide groups is 1. The molecule has 1 saturated carbocycles. The summed E-state index contributed by atoms with van der Waals surface area (Å²) >= 11 is 2.73. The molecule has 36 heavy (non-hydrogen) atoms. The second-order valence-corrected chi connectivity index (χ2v) is 11.3. The second-order valence-electron chi connectivity index (χ2n) is 9.05. The summed E-state index contributed by atoms with van der Waals surface area (Å²) in [5.74, 6) is -0.790. The molecule has 3 aliphatic rings. The highest BCUT2D eigenvalue weighted by Crippen LogP contribution is 2.53. The Morgan fingerprint density at radius 2 is 1.78 bits per heavy atom. The molecule has 3 aromatic rings. The second kappa shape index (κ2) is 8.86. The Labute approximate surface area is 214 Å². The highest BCUT2D eigenvalue weighted by Gasteiger charge is 2.59. The summed E-state index contributed by atoms with van der Waals surface area (Å²) < 4.78 is 6.24. The highest BCUT2D eigenvalue weighted by molar-refractivity contribution is 8.01. The molecule has 2 heterocycles. The number of benzene rings is 2. The molecule has 0 unspecified atom stereocenters. The normalized spacial score (nSPS) is 24.0. The zero-order valence-electron chi connectivity index (χ0n) is 19.2. The predicted molar refractivity (Wildman–Crippen MR) is 137 cm³/mol. The van der Waals surface area contributed by atoms with Crippen molar-refractivity contribution in [1.82, 2.24) is 4.98 Å². The van der Waals surface area contributed by atoms with Crippen molar-refractivity contribution in [2.24, 2.45) is 23.7 Å². The number of allylic oxidation sites excluding steroid dienone is 2. The fourth-order valence-corrected chi connectivity index (χ4v) is 7.28. The SMILES string of the molecule is COC(=O)c1ccc(NC(=O)CSc2nc3ccc(N4C(=O)[C@@H]5[C@@H](C4=O)[C@H]4C=C[C@@H]5C4)cc3s2)cc1. The fourth-order valence-electron chi connectivity index (χ4n) is 5.38. The largest absolute Gasteiger partial charge is 0.465 e. The van der Waals surface area contributed by atoms with Crippen LogP contribution < -0.4 is 10.2 Å². The third-order valence-corrected chi connectivity index (χ3v) is 9.16. The number of ether oxygens (including phenoxy) is 1. The van der Waals surface area contributed by atoms with E-state index in [0.717, 1.165) is 21.0 Å². The van der Waals surface area contributed by atoms with Crippen molar-refractivity contribution in [3.63, 3.8) is 0 Å². The van der Waals surface area contributed by atoms with Gasteiger partial charge in [0.05, 0.1) is 46.2 Å². The monoisotopic (exact) mass is 519 g/mol. The Bertz CT molecular complexity index is 1420. The van der Waals surface area contributed by atoms with Crippen LogP contribution in [0.25, 0.3) is 10.2 Å². The summed E-state index contributed by atoms with van der Waals surface area (Å²) in [6.45, 7) is 0. The van der Waals surface area contributed by atoms with E-state index in [0.29, 0.717) is 16.9 Å². The molecule has 8 nitrogen and oxygen atoms in total.